The van der Waals surface area contributed by atoms with Gasteiger partial charge in [0.25, 0.3) is 0 Å². The minimum Gasteiger partial charge on any atom is -0.279 e. The predicted octanol–water partition coefficient (Wildman–Crippen LogP) is 8.42. The molecule has 3 aromatic heterocycles. The van der Waals surface area contributed by atoms with Crippen LogP contribution in [0.15, 0.2) is 109 Å². The van der Waals surface area contributed by atoms with Crippen molar-refractivity contribution >= 4 is 49.4 Å². The van der Waals surface area contributed by atoms with Crippen molar-refractivity contribution in [2.24, 2.45) is 0 Å². The topological polar surface area (TPSA) is 35.1 Å². The second kappa shape index (κ2) is 7.77. The van der Waals surface area contributed by atoms with Crippen molar-refractivity contribution in [2.45, 2.75) is 13.8 Å². The van der Waals surface area contributed by atoms with E-state index >= 15 is 0 Å². The van der Waals surface area contributed by atoms with Crippen LogP contribution in [0.4, 0.5) is 0 Å². The SMILES string of the molecule is Cc1cc(C)cc(-c2ccc3c(c2)c2ccccc2n3-c2nc3ccccc3c3nc4ccccc4n23)c1. The quantitative estimate of drug-likeness (QED) is 0.245. The normalized spacial score (nSPS) is 11.9. The lowest BCUT2D eigenvalue weighted by molar-refractivity contribution is 0.979. The average Bonchev–Trinajstić information content (AvgIpc) is 3.48. The zero-order valence-electron chi connectivity index (χ0n) is 21.2. The zero-order valence-corrected chi connectivity index (χ0v) is 21.2. The molecule has 8 aromatic rings. The maximum atomic E-state index is 5.26. The van der Waals surface area contributed by atoms with Crippen molar-refractivity contribution < 1.29 is 0 Å². The average molecular weight is 489 g/mol. The molecule has 0 bridgehead atoms. The van der Waals surface area contributed by atoms with E-state index in [9.17, 15) is 0 Å². The van der Waals surface area contributed by atoms with Crippen molar-refractivity contribution in [2.75, 3.05) is 0 Å². The molecule has 0 radical (unpaired) electrons. The van der Waals surface area contributed by atoms with E-state index in [-0.39, 0.29) is 0 Å². The van der Waals surface area contributed by atoms with Crippen molar-refractivity contribution in [3.63, 3.8) is 0 Å². The summed E-state index contributed by atoms with van der Waals surface area (Å²) in [6.07, 6.45) is 0. The molecule has 38 heavy (non-hydrogen) atoms. The number of aromatic nitrogens is 4. The largest absolute Gasteiger partial charge is 0.279 e. The van der Waals surface area contributed by atoms with Gasteiger partial charge in [0, 0.05) is 16.2 Å². The Morgan fingerprint density at radius 3 is 1.97 bits per heavy atom. The molecule has 0 aliphatic heterocycles. The van der Waals surface area contributed by atoms with Crippen LogP contribution in [0.2, 0.25) is 0 Å². The lowest BCUT2D eigenvalue weighted by Crippen LogP contribution is -2.06. The minimum atomic E-state index is 0.845. The third-order valence-corrected chi connectivity index (χ3v) is 7.55. The standard InChI is InChI=1S/C34H24N4/c1-21-17-22(2)19-24(18-21)23-15-16-31-27(20-23)25-9-4-7-13-30(25)37(31)34-36-28-11-5-3-10-26(28)33-35-29-12-6-8-14-32(29)38(33)34/h3-20H,1-2H3. The van der Waals surface area contributed by atoms with Gasteiger partial charge in [-0.3, -0.25) is 8.97 Å². The van der Waals surface area contributed by atoms with Crippen LogP contribution < -0.4 is 0 Å². The smallest absolute Gasteiger partial charge is 0.221 e. The number of hydrogen-bond acceptors (Lipinski definition) is 2. The number of imidazole rings is 1. The first kappa shape index (κ1) is 21.2. The summed E-state index contributed by atoms with van der Waals surface area (Å²) in [6, 6.07) is 38.8. The van der Waals surface area contributed by atoms with E-state index in [0.717, 1.165) is 44.6 Å². The highest BCUT2D eigenvalue weighted by Gasteiger charge is 2.20. The van der Waals surface area contributed by atoms with E-state index in [1.807, 2.05) is 12.1 Å². The van der Waals surface area contributed by atoms with Crippen LogP contribution in [0, 0.1) is 13.8 Å². The first-order valence-electron chi connectivity index (χ1n) is 12.9. The Hall–Kier alpha value is -4.96. The number of fused-ring (bicyclic) bond motifs is 8. The molecule has 4 nitrogen and oxygen atoms in total. The van der Waals surface area contributed by atoms with E-state index in [1.165, 1.54) is 33.0 Å². The second-order valence-corrected chi connectivity index (χ2v) is 10.1. The van der Waals surface area contributed by atoms with Crippen molar-refractivity contribution in [3.05, 3.63) is 120 Å². The summed E-state index contributed by atoms with van der Waals surface area (Å²) in [5.41, 5.74) is 11.1. The Bertz CT molecular complexity index is 2190. The summed E-state index contributed by atoms with van der Waals surface area (Å²) in [5.74, 6) is 0.845. The van der Waals surface area contributed by atoms with Crippen LogP contribution in [0.1, 0.15) is 11.1 Å². The van der Waals surface area contributed by atoms with Crippen LogP contribution in [0.3, 0.4) is 0 Å². The van der Waals surface area contributed by atoms with Gasteiger partial charge in [0.15, 0.2) is 0 Å². The fourth-order valence-electron chi connectivity index (χ4n) is 5.99. The van der Waals surface area contributed by atoms with Crippen LogP contribution in [0.5, 0.6) is 0 Å². The maximum Gasteiger partial charge on any atom is 0.221 e. The van der Waals surface area contributed by atoms with Gasteiger partial charge in [-0.25, -0.2) is 9.97 Å². The summed E-state index contributed by atoms with van der Waals surface area (Å²) in [4.78, 5) is 10.3. The molecule has 5 aromatic carbocycles. The summed E-state index contributed by atoms with van der Waals surface area (Å²) in [6.45, 7) is 4.32. The lowest BCUT2D eigenvalue weighted by Gasteiger charge is -2.12. The highest BCUT2D eigenvalue weighted by molar-refractivity contribution is 6.10. The molecule has 0 N–H and O–H groups in total. The zero-order chi connectivity index (χ0) is 25.4. The van der Waals surface area contributed by atoms with E-state index in [2.05, 4.69) is 120 Å². The minimum absolute atomic E-state index is 0.845. The van der Waals surface area contributed by atoms with Crippen molar-refractivity contribution in [3.8, 4) is 17.1 Å². The Kier molecular flexibility index (Phi) is 4.32. The van der Waals surface area contributed by atoms with Gasteiger partial charge in [-0.2, -0.15) is 0 Å². The van der Waals surface area contributed by atoms with Gasteiger partial charge in [-0.1, -0.05) is 77.9 Å². The van der Waals surface area contributed by atoms with Crippen molar-refractivity contribution in [1.29, 1.82) is 0 Å². The molecule has 4 heteroatoms. The monoisotopic (exact) mass is 488 g/mol. The van der Waals surface area contributed by atoms with Gasteiger partial charge in [0.05, 0.1) is 27.6 Å². The fourth-order valence-corrected chi connectivity index (χ4v) is 5.99. The molecule has 180 valence electrons. The number of nitrogens with zero attached hydrogens (tertiary/aromatic N) is 4. The molecule has 0 spiro atoms. The van der Waals surface area contributed by atoms with Gasteiger partial charge in [-0.05, 0) is 67.4 Å². The fraction of sp³-hybridized carbons (Fsp3) is 0.0588. The molecular formula is C34H24N4. The second-order valence-electron chi connectivity index (χ2n) is 10.1. The molecule has 0 saturated heterocycles. The van der Waals surface area contributed by atoms with E-state index in [4.69, 9.17) is 9.97 Å². The molecule has 0 aliphatic rings. The Morgan fingerprint density at radius 2 is 1.16 bits per heavy atom. The molecule has 0 fully saturated rings. The highest BCUT2D eigenvalue weighted by Crippen LogP contribution is 2.36. The van der Waals surface area contributed by atoms with E-state index in [1.54, 1.807) is 0 Å². The van der Waals surface area contributed by atoms with Crippen LogP contribution in [0.25, 0.3) is 66.5 Å². The molecule has 0 amide bonds. The molecular weight excluding hydrogens is 464 g/mol. The van der Waals surface area contributed by atoms with E-state index in [0.29, 0.717) is 0 Å². The number of para-hydroxylation sites is 4. The summed E-state index contributed by atoms with van der Waals surface area (Å²) in [5, 5.41) is 3.47. The maximum absolute atomic E-state index is 5.26. The van der Waals surface area contributed by atoms with Gasteiger partial charge in [0.1, 0.15) is 5.65 Å². The van der Waals surface area contributed by atoms with Crippen molar-refractivity contribution in [1.82, 2.24) is 18.9 Å². The summed E-state index contributed by atoms with van der Waals surface area (Å²) < 4.78 is 4.50. The first-order valence-corrected chi connectivity index (χ1v) is 12.9. The summed E-state index contributed by atoms with van der Waals surface area (Å²) >= 11 is 0. The third-order valence-electron chi connectivity index (χ3n) is 7.55. The number of benzene rings is 5. The molecule has 3 heterocycles. The van der Waals surface area contributed by atoms with Gasteiger partial charge in [0.2, 0.25) is 5.95 Å². The van der Waals surface area contributed by atoms with Gasteiger partial charge < -0.3 is 0 Å². The molecule has 8 rings (SSSR count). The Morgan fingerprint density at radius 1 is 0.500 bits per heavy atom. The number of hydrogen-bond donors (Lipinski definition) is 0. The number of rotatable bonds is 2. The highest BCUT2D eigenvalue weighted by atomic mass is 15.2. The molecule has 0 unspecified atom stereocenters. The predicted molar refractivity (Wildman–Crippen MR) is 157 cm³/mol. The van der Waals surface area contributed by atoms with E-state index < -0.39 is 0 Å². The van der Waals surface area contributed by atoms with Crippen LogP contribution in [-0.4, -0.2) is 18.9 Å². The summed E-state index contributed by atoms with van der Waals surface area (Å²) in [7, 11) is 0. The van der Waals surface area contributed by atoms with Gasteiger partial charge in [-0.15, -0.1) is 0 Å². The Balaban J connectivity index is 1.52. The van der Waals surface area contributed by atoms with Gasteiger partial charge >= 0.3 is 0 Å². The molecule has 0 saturated carbocycles. The first-order chi connectivity index (χ1) is 18.7. The Labute approximate surface area is 219 Å². The molecule has 0 atom stereocenters. The lowest BCUT2D eigenvalue weighted by atomic mass is 9.99. The third kappa shape index (κ3) is 2.97. The molecule has 0 aliphatic carbocycles. The van der Waals surface area contributed by atoms with Crippen LogP contribution >= 0.6 is 0 Å². The van der Waals surface area contributed by atoms with Crippen LogP contribution in [-0.2, 0) is 0 Å². The number of aryl methyl sites for hydroxylation is 2.